The molecule has 0 aliphatic heterocycles. The molecular formula is C62H40N2S. The minimum atomic E-state index is 1.11. The molecule has 0 saturated heterocycles. The average molecular weight is 845 g/mol. The number of fused-ring (bicyclic) bond motifs is 9. The molecule has 13 rings (SSSR count). The molecule has 0 bridgehead atoms. The smallest absolute Gasteiger partial charge is 0.0554 e. The van der Waals surface area contributed by atoms with E-state index in [0.717, 1.165) is 11.4 Å². The Labute approximate surface area is 381 Å². The van der Waals surface area contributed by atoms with Crippen LogP contribution in [0.3, 0.4) is 0 Å². The van der Waals surface area contributed by atoms with Gasteiger partial charge in [-0.3, -0.25) is 0 Å². The average Bonchev–Trinajstić information content (AvgIpc) is 3.93. The van der Waals surface area contributed by atoms with Crippen LogP contribution in [-0.2, 0) is 0 Å². The van der Waals surface area contributed by atoms with Crippen LogP contribution in [0.5, 0.6) is 0 Å². The summed E-state index contributed by atoms with van der Waals surface area (Å²) in [5.41, 5.74) is 14.1. The van der Waals surface area contributed by atoms with Gasteiger partial charge in [-0.15, -0.1) is 11.3 Å². The molecule has 2 heterocycles. The number of nitrogens with zero attached hydrogens (tertiary/aromatic N) is 2. The highest BCUT2D eigenvalue weighted by molar-refractivity contribution is 7.26. The molecule has 0 radical (unpaired) electrons. The Morgan fingerprint density at radius 1 is 0.323 bits per heavy atom. The van der Waals surface area contributed by atoms with Gasteiger partial charge in [-0.1, -0.05) is 170 Å². The molecule has 65 heavy (non-hydrogen) atoms. The van der Waals surface area contributed by atoms with Gasteiger partial charge in [0.1, 0.15) is 0 Å². The lowest BCUT2D eigenvalue weighted by Gasteiger charge is -2.27. The Morgan fingerprint density at radius 2 is 0.862 bits per heavy atom. The lowest BCUT2D eigenvalue weighted by molar-refractivity contribution is 1.18. The largest absolute Gasteiger partial charge is 0.310 e. The van der Waals surface area contributed by atoms with E-state index >= 15 is 0 Å². The number of rotatable bonds is 7. The van der Waals surface area contributed by atoms with E-state index in [1.807, 2.05) is 11.3 Å². The lowest BCUT2D eigenvalue weighted by Crippen LogP contribution is -2.10. The van der Waals surface area contributed by atoms with Gasteiger partial charge in [0, 0.05) is 47.9 Å². The summed E-state index contributed by atoms with van der Waals surface area (Å²) in [4.78, 5) is 2.43. The van der Waals surface area contributed by atoms with E-state index in [2.05, 4.69) is 252 Å². The van der Waals surface area contributed by atoms with Crippen molar-refractivity contribution in [3.05, 3.63) is 243 Å². The lowest BCUT2D eigenvalue weighted by atomic mass is 9.97. The summed E-state index contributed by atoms with van der Waals surface area (Å²) >= 11 is 1.86. The molecule has 2 nitrogen and oxygen atoms in total. The second-order valence-corrected chi connectivity index (χ2v) is 18.0. The molecule has 304 valence electrons. The first-order valence-corrected chi connectivity index (χ1v) is 23.1. The Kier molecular flexibility index (Phi) is 8.75. The van der Waals surface area contributed by atoms with Crippen molar-refractivity contribution < 1.29 is 0 Å². The molecule has 13 aromatic rings. The van der Waals surface area contributed by atoms with Crippen molar-refractivity contribution in [2.24, 2.45) is 0 Å². The van der Waals surface area contributed by atoms with Crippen LogP contribution in [0.1, 0.15) is 0 Å². The molecular weight excluding hydrogens is 805 g/mol. The monoisotopic (exact) mass is 844 g/mol. The van der Waals surface area contributed by atoms with E-state index in [-0.39, 0.29) is 0 Å². The van der Waals surface area contributed by atoms with Crippen LogP contribution >= 0.6 is 11.3 Å². The van der Waals surface area contributed by atoms with Crippen molar-refractivity contribution >= 4 is 91.9 Å². The Balaban J connectivity index is 0.894. The molecule has 0 spiro atoms. The Morgan fingerprint density at radius 3 is 1.62 bits per heavy atom. The molecule has 0 N–H and O–H groups in total. The molecule has 0 atom stereocenters. The number of thiophene rings is 1. The van der Waals surface area contributed by atoms with Gasteiger partial charge < -0.3 is 9.47 Å². The van der Waals surface area contributed by atoms with Crippen molar-refractivity contribution in [2.75, 3.05) is 4.90 Å². The van der Waals surface area contributed by atoms with Gasteiger partial charge in [0.05, 0.1) is 22.4 Å². The van der Waals surface area contributed by atoms with E-state index in [1.165, 1.54) is 108 Å². The van der Waals surface area contributed by atoms with Gasteiger partial charge in [0.25, 0.3) is 0 Å². The quantitative estimate of drug-likeness (QED) is 0.145. The number of benzene rings is 11. The standard InChI is InChI=1S/C62H40N2S/c1-2-16-50-43(13-1)27-28-47-40-45(33-38-51(47)50)42-31-36-49(37-32-42)63(59-24-12-26-61-62(59)55-20-6-10-25-60(55)65-61)48-34-29-41(30-35-48)44-14-11-15-46(39-44)52-17-3-7-21-56(52)64-57-22-8-4-18-53(57)54-19-5-9-23-58(54)64/h1-40H. The van der Waals surface area contributed by atoms with Crippen LogP contribution < -0.4 is 4.90 Å². The highest BCUT2D eigenvalue weighted by Crippen LogP contribution is 2.46. The van der Waals surface area contributed by atoms with Crippen LogP contribution in [0.25, 0.3) is 103 Å². The van der Waals surface area contributed by atoms with E-state index in [0.29, 0.717) is 0 Å². The third kappa shape index (κ3) is 6.24. The SMILES string of the molecule is c1cc(-c2ccc(N(c3ccc(-c4ccc5c(ccc6ccccc65)c4)cc3)c3cccc4sc5ccccc5c34)cc2)cc(-c2ccccc2-n2c3ccccc3c3ccccc32)c1. The number of hydrogen-bond acceptors (Lipinski definition) is 2. The maximum atomic E-state index is 2.43. The van der Waals surface area contributed by atoms with E-state index in [9.17, 15) is 0 Å². The molecule has 0 amide bonds. The highest BCUT2D eigenvalue weighted by atomic mass is 32.1. The van der Waals surface area contributed by atoms with Crippen LogP contribution in [0.2, 0.25) is 0 Å². The molecule has 0 aliphatic rings. The molecule has 0 fully saturated rings. The minimum Gasteiger partial charge on any atom is -0.310 e. The van der Waals surface area contributed by atoms with Crippen LogP contribution in [-0.4, -0.2) is 4.57 Å². The van der Waals surface area contributed by atoms with Gasteiger partial charge in [-0.25, -0.2) is 0 Å². The first kappa shape index (κ1) is 37.3. The summed E-state index contributed by atoms with van der Waals surface area (Å²) in [5.74, 6) is 0. The normalized spacial score (nSPS) is 11.7. The molecule has 0 aliphatic carbocycles. The second kappa shape index (κ2) is 15.2. The summed E-state index contributed by atoms with van der Waals surface area (Å²) in [7, 11) is 0. The van der Waals surface area contributed by atoms with Crippen LogP contribution in [0, 0.1) is 0 Å². The first-order valence-electron chi connectivity index (χ1n) is 22.2. The fourth-order valence-corrected chi connectivity index (χ4v) is 11.3. The highest BCUT2D eigenvalue weighted by Gasteiger charge is 2.20. The number of hydrogen-bond donors (Lipinski definition) is 0. The predicted molar refractivity (Wildman–Crippen MR) is 280 cm³/mol. The molecule has 0 unspecified atom stereocenters. The summed E-state index contributed by atoms with van der Waals surface area (Å²) in [6.45, 7) is 0. The van der Waals surface area contributed by atoms with Gasteiger partial charge in [0.15, 0.2) is 0 Å². The zero-order valence-electron chi connectivity index (χ0n) is 35.4. The molecule has 0 saturated carbocycles. The molecule has 3 heteroatoms. The Hall–Kier alpha value is -8.24. The molecule has 11 aromatic carbocycles. The summed E-state index contributed by atoms with van der Waals surface area (Å²) < 4.78 is 5.00. The van der Waals surface area contributed by atoms with Crippen LogP contribution in [0.15, 0.2) is 243 Å². The number of para-hydroxylation sites is 3. The fraction of sp³-hybridized carbons (Fsp3) is 0. The summed E-state index contributed by atoms with van der Waals surface area (Å²) in [6, 6.07) is 88.9. The first-order chi connectivity index (χ1) is 32.2. The topological polar surface area (TPSA) is 8.17 Å². The van der Waals surface area contributed by atoms with Gasteiger partial charge in [0.2, 0.25) is 0 Å². The van der Waals surface area contributed by atoms with E-state index in [1.54, 1.807) is 0 Å². The number of aromatic nitrogens is 1. The van der Waals surface area contributed by atoms with Gasteiger partial charge >= 0.3 is 0 Å². The minimum absolute atomic E-state index is 1.11. The van der Waals surface area contributed by atoms with Crippen molar-refractivity contribution in [1.82, 2.24) is 4.57 Å². The van der Waals surface area contributed by atoms with Crippen molar-refractivity contribution in [3.8, 4) is 39.1 Å². The number of anilines is 3. The fourth-order valence-electron chi connectivity index (χ4n) is 10.1. The Bertz CT molecular complexity index is 3900. The van der Waals surface area contributed by atoms with Gasteiger partial charge in [-0.05, 0) is 122 Å². The van der Waals surface area contributed by atoms with Crippen molar-refractivity contribution in [3.63, 3.8) is 0 Å². The van der Waals surface area contributed by atoms with Crippen LogP contribution in [0.4, 0.5) is 17.1 Å². The maximum Gasteiger partial charge on any atom is 0.0554 e. The second-order valence-electron chi connectivity index (χ2n) is 16.9. The zero-order valence-corrected chi connectivity index (χ0v) is 36.2. The van der Waals surface area contributed by atoms with Gasteiger partial charge in [-0.2, -0.15) is 0 Å². The van der Waals surface area contributed by atoms with E-state index < -0.39 is 0 Å². The maximum absolute atomic E-state index is 2.43. The molecule has 2 aromatic heterocycles. The van der Waals surface area contributed by atoms with Crippen molar-refractivity contribution in [1.29, 1.82) is 0 Å². The predicted octanol–water partition coefficient (Wildman–Crippen LogP) is 17.9. The third-order valence-electron chi connectivity index (χ3n) is 13.2. The summed E-state index contributed by atoms with van der Waals surface area (Å²) in [6.07, 6.45) is 0. The van der Waals surface area contributed by atoms with Crippen molar-refractivity contribution in [2.45, 2.75) is 0 Å². The van der Waals surface area contributed by atoms with E-state index in [4.69, 9.17) is 0 Å². The zero-order chi connectivity index (χ0) is 42.8. The third-order valence-corrected chi connectivity index (χ3v) is 14.3. The summed E-state index contributed by atoms with van der Waals surface area (Å²) in [5, 5.41) is 10.2.